The molecule has 9 nitrogen and oxygen atoms in total. The summed E-state index contributed by atoms with van der Waals surface area (Å²) < 4.78 is 11.1. The van der Waals surface area contributed by atoms with Crippen LogP contribution in [-0.4, -0.2) is 62.4 Å². The molecule has 0 bridgehead atoms. The number of benzene rings is 1. The molecule has 0 saturated carbocycles. The Morgan fingerprint density at radius 2 is 2.04 bits per heavy atom. The van der Waals surface area contributed by atoms with E-state index in [1.165, 1.54) is 0 Å². The van der Waals surface area contributed by atoms with Crippen molar-refractivity contribution >= 4 is 23.2 Å². The van der Waals surface area contributed by atoms with E-state index in [9.17, 15) is 4.79 Å². The molecule has 0 radical (unpaired) electrons. The molecule has 28 heavy (non-hydrogen) atoms. The quantitative estimate of drug-likeness (QED) is 0.538. The van der Waals surface area contributed by atoms with Gasteiger partial charge in [-0.1, -0.05) is 0 Å². The van der Waals surface area contributed by atoms with E-state index in [1.807, 2.05) is 12.1 Å². The Kier molecular flexibility index (Phi) is 6.88. The van der Waals surface area contributed by atoms with Crippen molar-refractivity contribution in [1.82, 2.24) is 15.2 Å². The molecule has 0 spiro atoms. The van der Waals surface area contributed by atoms with E-state index in [4.69, 9.17) is 15.2 Å². The molecule has 1 aliphatic heterocycles. The lowest BCUT2D eigenvalue weighted by molar-refractivity contribution is 0.0388. The molecule has 2 heterocycles. The predicted molar refractivity (Wildman–Crippen MR) is 109 cm³/mol. The molecule has 1 aromatic heterocycles. The fourth-order valence-corrected chi connectivity index (χ4v) is 2.82. The largest absolute Gasteiger partial charge is 0.457 e. The number of pyridine rings is 1. The molecule has 150 valence electrons. The van der Waals surface area contributed by atoms with Crippen LogP contribution in [0.3, 0.4) is 0 Å². The average molecular weight is 386 g/mol. The number of carbonyl (C=O) groups is 1. The van der Waals surface area contributed by atoms with Gasteiger partial charge in [-0.25, -0.2) is 9.78 Å². The van der Waals surface area contributed by atoms with Crippen LogP contribution in [0.2, 0.25) is 0 Å². The third-order valence-corrected chi connectivity index (χ3v) is 4.32. The smallest absolute Gasteiger partial charge is 0.320 e. The summed E-state index contributed by atoms with van der Waals surface area (Å²) in [5, 5.41) is 8.55. The van der Waals surface area contributed by atoms with Gasteiger partial charge in [0, 0.05) is 51.6 Å². The van der Waals surface area contributed by atoms with Crippen LogP contribution >= 0.6 is 0 Å². The first-order valence-corrected chi connectivity index (χ1v) is 9.20. The van der Waals surface area contributed by atoms with Gasteiger partial charge in [-0.15, -0.1) is 0 Å². The highest BCUT2D eigenvalue weighted by Gasteiger charge is 2.10. The topological polar surface area (TPSA) is 114 Å². The van der Waals surface area contributed by atoms with Crippen LogP contribution in [0.4, 0.5) is 22.0 Å². The first-order chi connectivity index (χ1) is 13.6. The highest BCUT2D eigenvalue weighted by atomic mass is 16.5. The van der Waals surface area contributed by atoms with Crippen LogP contribution < -0.4 is 26.4 Å². The lowest BCUT2D eigenvalue weighted by atomic mass is 10.2. The number of nitrogen functional groups attached to an aromatic ring is 1. The normalized spacial score (nSPS) is 14.3. The molecule has 5 N–H and O–H groups in total. The molecule has 1 fully saturated rings. The van der Waals surface area contributed by atoms with Gasteiger partial charge in [-0.2, -0.15) is 0 Å². The first kappa shape index (κ1) is 19.7. The fraction of sp³-hybridized carbons (Fsp3) is 0.368. The van der Waals surface area contributed by atoms with Gasteiger partial charge >= 0.3 is 6.03 Å². The zero-order valence-electron chi connectivity index (χ0n) is 15.9. The standard InChI is InChI=1S/C19H26N6O3/c1-21-17-3-2-14(12-16(17)20)28-15-4-5-22-18(13-15)24-19(26)23-6-7-25-8-10-27-11-9-25/h2-5,12-13,21H,6-11,20H2,1H3,(H2,22,23,24,26). The summed E-state index contributed by atoms with van der Waals surface area (Å²) in [6, 6.07) is 8.45. The lowest BCUT2D eigenvalue weighted by Crippen LogP contribution is -2.42. The Bertz CT molecular complexity index is 795. The summed E-state index contributed by atoms with van der Waals surface area (Å²) in [4.78, 5) is 18.5. The number of nitrogens with zero attached hydrogens (tertiary/aromatic N) is 2. The molecular weight excluding hydrogens is 360 g/mol. The molecule has 2 amide bonds. The molecule has 0 atom stereocenters. The van der Waals surface area contributed by atoms with Crippen LogP contribution in [-0.2, 0) is 4.74 Å². The number of carbonyl (C=O) groups excluding carboxylic acids is 1. The number of morpholine rings is 1. The predicted octanol–water partition coefficient (Wildman–Crippen LogP) is 1.95. The highest BCUT2D eigenvalue weighted by Crippen LogP contribution is 2.28. The van der Waals surface area contributed by atoms with Crippen LogP contribution in [0, 0.1) is 0 Å². The maximum Gasteiger partial charge on any atom is 0.320 e. The number of rotatable bonds is 7. The van der Waals surface area contributed by atoms with Crippen LogP contribution in [0.1, 0.15) is 0 Å². The third kappa shape index (κ3) is 5.73. The van der Waals surface area contributed by atoms with Crippen molar-refractivity contribution in [1.29, 1.82) is 0 Å². The number of hydrogen-bond acceptors (Lipinski definition) is 7. The van der Waals surface area contributed by atoms with E-state index in [2.05, 4.69) is 25.8 Å². The van der Waals surface area contributed by atoms with Gasteiger partial charge in [0.2, 0.25) is 0 Å². The summed E-state index contributed by atoms with van der Waals surface area (Å²) in [5.74, 6) is 1.56. The van der Waals surface area contributed by atoms with Crippen molar-refractivity contribution in [2.24, 2.45) is 0 Å². The van der Waals surface area contributed by atoms with Gasteiger partial charge in [-0.3, -0.25) is 10.2 Å². The maximum atomic E-state index is 12.1. The monoisotopic (exact) mass is 386 g/mol. The summed E-state index contributed by atoms with van der Waals surface area (Å²) in [6.07, 6.45) is 1.57. The molecule has 3 rings (SSSR count). The van der Waals surface area contributed by atoms with E-state index in [-0.39, 0.29) is 6.03 Å². The van der Waals surface area contributed by atoms with Gasteiger partial charge in [0.1, 0.15) is 17.3 Å². The molecule has 9 heteroatoms. The highest BCUT2D eigenvalue weighted by molar-refractivity contribution is 5.88. The second-order valence-electron chi connectivity index (χ2n) is 6.31. The summed E-state index contributed by atoms with van der Waals surface area (Å²) in [7, 11) is 1.80. The molecule has 0 aliphatic carbocycles. The number of amides is 2. The van der Waals surface area contributed by atoms with E-state index in [1.54, 1.807) is 31.4 Å². The second kappa shape index (κ2) is 9.77. The Hall–Kier alpha value is -3.04. The number of hydrogen-bond donors (Lipinski definition) is 4. The van der Waals surface area contributed by atoms with Gasteiger partial charge in [-0.05, 0) is 18.2 Å². The van der Waals surface area contributed by atoms with Gasteiger partial charge in [0.15, 0.2) is 0 Å². The SMILES string of the molecule is CNc1ccc(Oc2ccnc(NC(=O)NCCN3CCOCC3)c2)cc1N. The van der Waals surface area contributed by atoms with E-state index in [0.29, 0.717) is 29.5 Å². The minimum Gasteiger partial charge on any atom is -0.457 e. The van der Waals surface area contributed by atoms with Crippen molar-refractivity contribution in [2.45, 2.75) is 0 Å². The van der Waals surface area contributed by atoms with Crippen molar-refractivity contribution in [2.75, 3.05) is 62.8 Å². The minimum absolute atomic E-state index is 0.305. The van der Waals surface area contributed by atoms with Gasteiger partial charge in [0.05, 0.1) is 24.6 Å². The van der Waals surface area contributed by atoms with Crippen LogP contribution in [0.15, 0.2) is 36.5 Å². The summed E-state index contributed by atoms with van der Waals surface area (Å²) in [5.41, 5.74) is 7.37. The Morgan fingerprint density at radius 3 is 2.79 bits per heavy atom. The summed E-state index contributed by atoms with van der Waals surface area (Å²) >= 11 is 0. The molecule has 2 aromatic rings. The Morgan fingerprint density at radius 1 is 1.25 bits per heavy atom. The van der Waals surface area contributed by atoms with Crippen molar-refractivity contribution < 1.29 is 14.3 Å². The molecule has 0 unspecified atom stereocenters. The zero-order valence-corrected chi connectivity index (χ0v) is 15.9. The summed E-state index contributed by atoms with van der Waals surface area (Å²) in [6.45, 7) is 4.61. The lowest BCUT2D eigenvalue weighted by Gasteiger charge is -2.26. The number of urea groups is 1. The number of nitrogens with two attached hydrogens (primary N) is 1. The number of nitrogens with one attached hydrogen (secondary N) is 3. The minimum atomic E-state index is -0.305. The molecular formula is C19H26N6O3. The third-order valence-electron chi connectivity index (χ3n) is 4.32. The number of ether oxygens (including phenoxy) is 2. The average Bonchev–Trinajstić information content (AvgIpc) is 2.69. The van der Waals surface area contributed by atoms with E-state index in [0.717, 1.165) is 38.5 Å². The van der Waals surface area contributed by atoms with E-state index < -0.39 is 0 Å². The second-order valence-corrected chi connectivity index (χ2v) is 6.31. The van der Waals surface area contributed by atoms with E-state index >= 15 is 0 Å². The Labute approximate surface area is 164 Å². The van der Waals surface area contributed by atoms with Gasteiger partial charge in [0.25, 0.3) is 0 Å². The van der Waals surface area contributed by atoms with Gasteiger partial charge < -0.3 is 25.8 Å². The van der Waals surface area contributed by atoms with Crippen LogP contribution in [0.25, 0.3) is 0 Å². The fourth-order valence-electron chi connectivity index (χ4n) is 2.82. The number of aromatic nitrogens is 1. The molecule has 1 saturated heterocycles. The first-order valence-electron chi connectivity index (χ1n) is 9.20. The van der Waals surface area contributed by atoms with Crippen molar-refractivity contribution in [3.63, 3.8) is 0 Å². The van der Waals surface area contributed by atoms with Crippen LogP contribution in [0.5, 0.6) is 11.5 Å². The Balaban J connectivity index is 1.49. The van der Waals surface area contributed by atoms with Crippen molar-refractivity contribution in [3.05, 3.63) is 36.5 Å². The number of anilines is 3. The van der Waals surface area contributed by atoms with Crippen molar-refractivity contribution in [3.8, 4) is 11.5 Å². The zero-order chi connectivity index (χ0) is 19.8. The molecule has 1 aliphatic rings. The molecule has 1 aromatic carbocycles. The maximum absolute atomic E-state index is 12.1.